The second-order valence-corrected chi connectivity index (χ2v) is 4.14. The molecule has 0 radical (unpaired) electrons. The minimum Gasteiger partial charge on any atom is -0.406 e. The summed E-state index contributed by atoms with van der Waals surface area (Å²) in [4.78, 5) is 0. The van der Waals surface area contributed by atoms with Crippen LogP contribution in [0, 0.1) is 5.82 Å². The Balaban J connectivity index is 2.00. The zero-order valence-electron chi connectivity index (χ0n) is 10.3. The fourth-order valence-electron chi connectivity index (χ4n) is 1.34. The van der Waals surface area contributed by atoms with E-state index >= 15 is 0 Å². The smallest absolute Gasteiger partial charge is 0.320 e. The number of hydrogen-bond donors (Lipinski definition) is 2. The van der Waals surface area contributed by atoms with Crippen molar-refractivity contribution in [3.05, 3.63) is 36.0 Å². The van der Waals surface area contributed by atoms with Crippen molar-refractivity contribution in [3.63, 3.8) is 0 Å². The van der Waals surface area contributed by atoms with Crippen LogP contribution in [0.2, 0.25) is 0 Å². The molecule has 6 heteroatoms. The molecule has 0 spiro atoms. The molecule has 1 aromatic carbocycles. The molecule has 0 aliphatic carbocycles. The Morgan fingerprint density at radius 3 is 2.78 bits per heavy atom. The highest BCUT2D eigenvalue weighted by Gasteiger charge is 2.08. The summed E-state index contributed by atoms with van der Waals surface area (Å²) in [6, 6.07) is 6.82. The Labute approximate surface area is 104 Å². The predicted molar refractivity (Wildman–Crippen MR) is 66.0 cm³/mol. The third kappa shape index (κ3) is 3.27. The minimum absolute atomic E-state index is 0.181. The van der Waals surface area contributed by atoms with Gasteiger partial charge in [0.25, 0.3) is 0 Å². The summed E-state index contributed by atoms with van der Waals surface area (Å²) in [7, 11) is 0. The molecule has 0 bridgehead atoms. The van der Waals surface area contributed by atoms with Gasteiger partial charge in [0.15, 0.2) is 0 Å². The van der Waals surface area contributed by atoms with Crippen LogP contribution in [0.25, 0.3) is 0 Å². The molecule has 2 aromatic rings. The van der Waals surface area contributed by atoms with E-state index in [9.17, 15) is 4.39 Å². The van der Waals surface area contributed by atoms with Gasteiger partial charge >= 0.3 is 6.01 Å². The van der Waals surface area contributed by atoms with Crippen LogP contribution in [0.4, 0.5) is 16.1 Å². The molecule has 0 amide bonds. The Kier molecular flexibility index (Phi) is 3.88. The van der Waals surface area contributed by atoms with Gasteiger partial charge in [-0.15, -0.1) is 5.10 Å². The average Bonchev–Trinajstić information content (AvgIpc) is 2.77. The van der Waals surface area contributed by atoms with Crippen LogP contribution in [0.15, 0.2) is 28.7 Å². The van der Waals surface area contributed by atoms with E-state index in [1.54, 1.807) is 18.2 Å². The Morgan fingerprint density at radius 2 is 2.06 bits per heavy atom. The lowest BCUT2D eigenvalue weighted by atomic mass is 10.3. The SMILES string of the molecule is CC(C)NCc1nnc(Nc2ccccc2F)o1. The molecule has 2 rings (SSSR count). The first-order chi connectivity index (χ1) is 8.65. The van der Waals surface area contributed by atoms with Crippen molar-refractivity contribution in [1.82, 2.24) is 15.5 Å². The number of aromatic nitrogens is 2. The van der Waals surface area contributed by atoms with E-state index in [0.29, 0.717) is 24.2 Å². The number of benzene rings is 1. The molecule has 96 valence electrons. The summed E-state index contributed by atoms with van der Waals surface area (Å²) in [6.07, 6.45) is 0. The van der Waals surface area contributed by atoms with E-state index in [1.807, 2.05) is 13.8 Å². The van der Waals surface area contributed by atoms with Gasteiger partial charge in [-0.1, -0.05) is 31.1 Å². The number of anilines is 2. The molecule has 0 aliphatic heterocycles. The van der Waals surface area contributed by atoms with Crippen molar-refractivity contribution in [2.45, 2.75) is 26.4 Å². The van der Waals surface area contributed by atoms with Gasteiger partial charge in [-0.25, -0.2) is 4.39 Å². The Hall–Kier alpha value is -1.95. The van der Waals surface area contributed by atoms with Gasteiger partial charge in [-0.3, -0.25) is 0 Å². The molecule has 1 heterocycles. The van der Waals surface area contributed by atoms with Crippen LogP contribution in [-0.4, -0.2) is 16.2 Å². The van der Waals surface area contributed by atoms with Crippen molar-refractivity contribution in [3.8, 4) is 0 Å². The van der Waals surface area contributed by atoms with E-state index < -0.39 is 0 Å². The Bertz CT molecular complexity index is 512. The predicted octanol–water partition coefficient (Wildman–Crippen LogP) is 2.45. The molecular weight excluding hydrogens is 235 g/mol. The topological polar surface area (TPSA) is 63.0 Å². The lowest BCUT2D eigenvalue weighted by Crippen LogP contribution is -2.21. The van der Waals surface area contributed by atoms with Gasteiger partial charge in [-0.05, 0) is 12.1 Å². The van der Waals surface area contributed by atoms with Gasteiger partial charge in [0.2, 0.25) is 5.89 Å². The molecule has 0 atom stereocenters. The highest BCUT2D eigenvalue weighted by Crippen LogP contribution is 2.18. The Morgan fingerprint density at radius 1 is 1.28 bits per heavy atom. The number of nitrogens with zero attached hydrogens (tertiary/aromatic N) is 2. The van der Waals surface area contributed by atoms with Crippen molar-refractivity contribution < 1.29 is 8.81 Å². The van der Waals surface area contributed by atoms with Crippen LogP contribution in [-0.2, 0) is 6.54 Å². The quantitative estimate of drug-likeness (QED) is 0.853. The zero-order chi connectivity index (χ0) is 13.0. The molecule has 0 aliphatic rings. The molecule has 0 saturated heterocycles. The number of rotatable bonds is 5. The van der Waals surface area contributed by atoms with Crippen LogP contribution in [0.3, 0.4) is 0 Å². The van der Waals surface area contributed by atoms with Gasteiger partial charge in [0.1, 0.15) is 5.82 Å². The summed E-state index contributed by atoms with van der Waals surface area (Å²) in [5.41, 5.74) is 0.310. The number of para-hydroxylation sites is 1. The molecule has 2 N–H and O–H groups in total. The highest BCUT2D eigenvalue weighted by atomic mass is 19.1. The summed E-state index contributed by atoms with van der Waals surface area (Å²) >= 11 is 0. The second-order valence-electron chi connectivity index (χ2n) is 4.14. The van der Waals surface area contributed by atoms with Crippen LogP contribution in [0.1, 0.15) is 19.7 Å². The van der Waals surface area contributed by atoms with Crippen LogP contribution in [0.5, 0.6) is 0 Å². The van der Waals surface area contributed by atoms with Gasteiger partial charge in [0, 0.05) is 6.04 Å². The maximum atomic E-state index is 13.4. The molecule has 0 fully saturated rings. The van der Waals surface area contributed by atoms with E-state index in [-0.39, 0.29) is 11.8 Å². The average molecular weight is 250 g/mol. The van der Waals surface area contributed by atoms with Gasteiger partial charge < -0.3 is 15.1 Å². The van der Waals surface area contributed by atoms with Crippen molar-refractivity contribution in [1.29, 1.82) is 0 Å². The number of halogens is 1. The normalized spacial score (nSPS) is 10.9. The summed E-state index contributed by atoms with van der Waals surface area (Å²) < 4.78 is 18.7. The van der Waals surface area contributed by atoms with E-state index in [4.69, 9.17) is 4.42 Å². The maximum absolute atomic E-state index is 13.4. The highest BCUT2D eigenvalue weighted by molar-refractivity contribution is 5.52. The third-order valence-electron chi connectivity index (χ3n) is 2.24. The lowest BCUT2D eigenvalue weighted by molar-refractivity contribution is 0.460. The van der Waals surface area contributed by atoms with Crippen LogP contribution >= 0.6 is 0 Å². The second kappa shape index (κ2) is 5.59. The molecule has 18 heavy (non-hydrogen) atoms. The summed E-state index contributed by atoms with van der Waals surface area (Å²) in [5.74, 6) is 0.0973. The van der Waals surface area contributed by atoms with Crippen molar-refractivity contribution in [2.75, 3.05) is 5.32 Å². The summed E-state index contributed by atoms with van der Waals surface area (Å²) in [5, 5.41) is 13.5. The fourth-order valence-corrected chi connectivity index (χ4v) is 1.34. The first-order valence-corrected chi connectivity index (χ1v) is 5.72. The van der Waals surface area contributed by atoms with Gasteiger partial charge in [-0.2, -0.15) is 0 Å². The number of nitrogens with one attached hydrogen (secondary N) is 2. The molecule has 5 nitrogen and oxygen atoms in total. The third-order valence-corrected chi connectivity index (χ3v) is 2.24. The van der Waals surface area contributed by atoms with E-state index in [2.05, 4.69) is 20.8 Å². The van der Waals surface area contributed by atoms with Crippen LogP contribution < -0.4 is 10.6 Å². The monoisotopic (exact) mass is 250 g/mol. The minimum atomic E-state index is -0.363. The van der Waals surface area contributed by atoms with Gasteiger partial charge in [0.05, 0.1) is 12.2 Å². The summed E-state index contributed by atoms with van der Waals surface area (Å²) in [6.45, 7) is 4.54. The first kappa shape index (κ1) is 12.5. The van der Waals surface area contributed by atoms with E-state index in [1.165, 1.54) is 6.07 Å². The largest absolute Gasteiger partial charge is 0.406 e. The van der Waals surface area contributed by atoms with E-state index in [0.717, 1.165) is 0 Å². The number of hydrogen-bond acceptors (Lipinski definition) is 5. The van der Waals surface area contributed by atoms with Crippen molar-refractivity contribution in [2.24, 2.45) is 0 Å². The molecule has 0 unspecified atom stereocenters. The lowest BCUT2D eigenvalue weighted by Gasteiger charge is -2.04. The fraction of sp³-hybridized carbons (Fsp3) is 0.333. The van der Waals surface area contributed by atoms with Crippen molar-refractivity contribution >= 4 is 11.7 Å². The standard InChI is InChI=1S/C12H15FN4O/c1-8(2)14-7-11-16-17-12(18-11)15-10-6-4-3-5-9(10)13/h3-6,8,14H,7H2,1-2H3,(H,15,17). The maximum Gasteiger partial charge on any atom is 0.320 e. The zero-order valence-corrected chi connectivity index (χ0v) is 10.3. The molecule has 1 aromatic heterocycles. The first-order valence-electron chi connectivity index (χ1n) is 5.72. The molecule has 0 saturated carbocycles. The molecular formula is C12H15FN4O.